The second kappa shape index (κ2) is 9.80. The Bertz CT molecular complexity index is 1340. The molecule has 0 radical (unpaired) electrons. The van der Waals surface area contributed by atoms with Crippen molar-refractivity contribution in [2.75, 3.05) is 28.4 Å². The van der Waals surface area contributed by atoms with Gasteiger partial charge in [-0.25, -0.2) is 4.79 Å². The Morgan fingerprint density at radius 3 is 2.14 bits per heavy atom. The lowest BCUT2D eigenvalue weighted by molar-refractivity contribution is 0.0729. The number of para-hydroxylation sites is 1. The molecule has 1 heterocycles. The maximum atomic E-state index is 13.1. The Balaban J connectivity index is 1.66. The standard InChI is InChI=1S/C27H24O8/c1-15-19(35-27(29)17-8-6-7-9-20(17)30-2)11-10-18-25(28)24(34-26(15)18)13-16-12-22(32-4)23(33-5)14-21(16)31-3/h6-14H,1-5H3/b24-13-. The highest BCUT2D eigenvalue weighted by Gasteiger charge is 2.31. The average Bonchev–Trinajstić information content (AvgIpc) is 3.20. The quantitative estimate of drug-likeness (QED) is 0.271. The second-order valence-corrected chi connectivity index (χ2v) is 7.54. The summed E-state index contributed by atoms with van der Waals surface area (Å²) in [5.74, 6) is 1.66. The van der Waals surface area contributed by atoms with Gasteiger partial charge in [-0.05, 0) is 43.3 Å². The van der Waals surface area contributed by atoms with Gasteiger partial charge in [-0.15, -0.1) is 0 Å². The maximum absolute atomic E-state index is 13.1. The van der Waals surface area contributed by atoms with Gasteiger partial charge in [0.25, 0.3) is 0 Å². The zero-order valence-corrected chi connectivity index (χ0v) is 20.0. The van der Waals surface area contributed by atoms with Gasteiger partial charge in [0, 0.05) is 17.2 Å². The molecule has 0 aromatic heterocycles. The number of fused-ring (bicyclic) bond motifs is 1. The normalized spacial score (nSPS) is 13.2. The van der Waals surface area contributed by atoms with Gasteiger partial charge in [0.2, 0.25) is 5.78 Å². The van der Waals surface area contributed by atoms with Crippen LogP contribution in [-0.2, 0) is 0 Å². The van der Waals surface area contributed by atoms with Crippen LogP contribution >= 0.6 is 0 Å². The molecule has 0 saturated heterocycles. The van der Waals surface area contributed by atoms with Gasteiger partial charge in [0.05, 0.1) is 34.0 Å². The van der Waals surface area contributed by atoms with Crippen molar-refractivity contribution in [2.45, 2.75) is 6.92 Å². The van der Waals surface area contributed by atoms with Gasteiger partial charge < -0.3 is 28.4 Å². The number of ether oxygens (including phenoxy) is 6. The summed E-state index contributed by atoms with van der Waals surface area (Å²) in [4.78, 5) is 25.8. The molecule has 0 N–H and O–H groups in total. The molecule has 180 valence electrons. The fraction of sp³-hybridized carbons (Fsp3) is 0.185. The van der Waals surface area contributed by atoms with Crippen LogP contribution in [0.4, 0.5) is 0 Å². The van der Waals surface area contributed by atoms with E-state index in [2.05, 4.69) is 0 Å². The molecule has 0 bridgehead atoms. The molecule has 1 aliphatic rings. The maximum Gasteiger partial charge on any atom is 0.347 e. The minimum atomic E-state index is -0.583. The smallest absolute Gasteiger partial charge is 0.347 e. The van der Waals surface area contributed by atoms with E-state index in [1.54, 1.807) is 61.5 Å². The van der Waals surface area contributed by atoms with Crippen molar-refractivity contribution in [2.24, 2.45) is 0 Å². The lowest BCUT2D eigenvalue weighted by Gasteiger charge is -2.12. The molecule has 3 aromatic rings. The highest BCUT2D eigenvalue weighted by atomic mass is 16.5. The van der Waals surface area contributed by atoms with Crippen molar-refractivity contribution in [1.82, 2.24) is 0 Å². The topological polar surface area (TPSA) is 89.5 Å². The molecule has 0 unspecified atom stereocenters. The first-order valence-electron chi connectivity index (χ1n) is 10.6. The Kier molecular flexibility index (Phi) is 6.64. The molecule has 0 amide bonds. The Morgan fingerprint density at radius 1 is 0.800 bits per heavy atom. The fourth-order valence-corrected chi connectivity index (χ4v) is 3.75. The number of carbonyl (C=O) groups excluding carboxylic acids is 2. The van der Waals surface area contributed by atoms with Crippen molar-refractivity contribution in [3.63, 3.8) is 0 Å². The molecule has 3 aromatic carbocycles. The van der Waals surface area contributed by atoms with Crippen LogP contribution in [0.25, 0.3) is 6.08 Å². The van der Waals surface area contributed by atoms with Crippen molar-refractivity contribution < 1.29 is 38.0 Å². The number of Topliss-reactive ketones (excluding diaryl/α,β-unsaturated/α-hetero) is 1. The summed E-state index contributed by atoms with van der Waals surface area (Å²) >= 11 is 0. The van der Waals surface area contributed by atoms with E-state index in [1.807, 2.05) is 0 Å². The van der Waals surface area contributed by atoms with E-state index in [-0.39, 0.29) is 22.9 Å². The Hall–Kier alpha value is -4.46. The molecule has 0 aliphatic carbocycles. The SMILES string of the molecule is COc1cc(OC)c(OC)cc1/C=C1\Oc2c(ccc(OC(=O)c3ccccc3OC)c2C)C1=O. The first-order valence-corrected chi connectivity index (χ1v) is 10.6. The number of rotatable bonds is 7. The molecule has 8 heteroatoms. The van der Waals surface area contributed by atoms with Gasteiger partial charge >= 0.3 is 5.97 Å². The largest absolute Gasteiger partial charge is 0.496 e. The number of hydrogen-bond acceptors (Lipinski definition) is 8. The van der Waals surface area contributed by atoms with E-state index in [4.69, 9.17) is 28.4 Å². The van der Waals surface area contributed by atoms with Gasteiger partial charge in [0.1, 0.15) is 28.6 Å². The van der Waals surface area contributed by atoms with Crippen molar-refractivity contribution >= 4 is 17.8 Å². The third-order valence-corrected chi connectivity index (χ3v) is 5.59. The van der Waals surface area contributed by atoms with Crippen molar-refractivity contribution in [1.29, 1.82) is 0 Å². The predicted octanol–water partition coefficient (Wildman–Crippen LogP) is 4.86. The average molecular weight is 476 g/mol. The molecule has 0 spiro atoms. The molecule has 0 saturated carbocycles. The van der Waals surface area contributed by atoms with Gasteiger partial charge in [-0.1, -0.05) is 12.1 Å². The summed E-state index contributed by atoms with van der Waals surface area (Å²) in [5, 5.41) is 0. The van der Waals surface area contributed by atoms with Gasteiger partial charge in [-0.3, -0.25) is 4.79 Å². The number of benzene rings is 3. The third kappa shape index (κ3) is 4.38. The lowest BCUT2D eigenvalue weighted by atomic mass is 10.1. The van der Waals surface area contributed by atoms with E-state index in [9.17, 15) is 9.59 Å². The minimum absolute atomic E-state index is 0.0989. The van der Waals surface area contributed by atoms with E-state index in [1.165, 1.54) is 28.4 Å². The molecule has 4 rings (SSSR count). The Morgan fingerprint density at radius 2 is 1.46 bits per heavy atom. The summed E-state index contributed by atoms with van der Waals surface area (Å²) in [5.41, 5.74) is 1.74. The van der Waals surface area contributed by atoms with Crippen LogP contribution in [0.2, 0.25) is 0 Å². The molecule has 35 heavy (non-hydrogen) atoms. The summed E-state index contributed by atoms with van der Waals surface area (Å²) in [7, 11) is 6.04. The zero-order chi connectivity index (χ0) is 25.1. The van der Waals surface area contributed by atoms with Crippen LogP contribution in [0.5, 0.6) is 34.5 Å². The lowest BCUT2D eigenvalue weighted by Crippen LogP contribution is -2.11. The zero-order valence-electron chi connectivity index (χ0n) is 20.0. The number of esters is 1. The Labute approximate surface area is 202 Å². The number of allylic oxidation sites excluding steroid dienone is 1. The number of methoxy groups -OCH3 is 4. The predicted molar refractivity (Wildman–Crippen MR) is 128 cm³/mol. The molecular weight excluding hydrogens is 452 g/mol. The highest BCUT2D eigenvalue weighted by Crippen LogP contribution is 2.41. The molecular formula is C27H24O8. The van der Waals surface area contributed by atoms with Crippen LogP contribution in [-0.4, -0.2) is 40.2 Å². The number of ketones is 1. The number of carbonyl (C=O) groups is 2. The van der Waals surface area contributed by atoms with Crippen LogP contribution in [0.3, 0.4) is 0 Å². The van der Waals surface area contributed by atoms with E-state index >= 15 is 0 Å². The summed E-state index contributed by atoms with van der Waals surface area (Å²) in [6.07, 6.45) is 1.57. The van der Waals surface area contributed by atoms with Crippen LogP contribution in [0, 0.1) is 6.92 Å². The second-order valence-electron chi connectivity index (χ2n) is 7.54. The summed E-state index contributed by atoms with van der Waals surface area (Å²) in [6.45, 7) is 1.72. The van der Waals surface area contributed by atoms with Crippen LogP contribution < -0.4 is 28.4 Å². The number of hydrogen-bond donors (Lipinski definition) is 0. The third-order valence-electron chi connectivity index (χ3n) is 5.59. The molecule has 1 aliphatic heterocycles. The van der Waals surface area contributed by atoms with Crippen molar-refractivity contribution in [3.8, 4) is 34.5 Å². The van der Waals surface area contributed by atoms with Crippen LogP contribution in [0.1, 0.15) is 31.8 Å². The monoisotopic (exact) mass is 476 g/mol. The molecule has 8 nitrogen and oxygen atoms in total. The molecule has 0 atom stereocenters. The van der Waals surface area contributed by atoms with Gasteiger partial charge in [-0.2, -0.15) is 0 Å². The first kappa shape index (κ1) is 23.7. The fourth-order valence-electron chi connectivity index (χ4n) is 3.75. The van der Waals surface area contributed by atoms with E-state index in [0.717, 1.165) is 0 Å². The van der Waals surface area contributed by atoms with Crippen molar-refractivity contribution in [3.05, 3.63) is 76.5 Å². The summed E-state index contributed by atoms with van der Waals surface area (Å²) in [6, 6.07) is 13.3. The van der Waals surface area contributed by atoms with Gasteiger partial charge in [0.15, 0.2) is 17.3 Å². The van der Waals surface area contributed by atoms with E-state index < -0.39 is 5.97 Å². The van der Waals surface area contributed by atoms with Crippen LogP contribution in [0.15, 0.2) is 54.3 Å². The summed E-state index contributed by atoms with van der Waals surface area (Å²) < 4.78 is 32.9. The highest BCUT2D eigenvalue weighted by molar-refractivity contribution is 6.15. The molecule has 0 fully saturated rings. The first-order chi connectivity index (χ1) is 16.9. The minimum Gasteiger partial charge on any atom is -0.496 e. The van der Waals surface area contributed by atoms with E-state index in [0.29, 0.717) is 45.4 Å².